The quantitative estimate of drug-likeness (QED) is 0.0128. The molecule has 4 atom stereocenters. The van der Waals surface area contributed by atoms with Crippen LogP contribution in [0.3, 0.4) is 0 Å². The van der Waals surface area contributed by atoms with Crippen LogP contribution in [0.25, 0.3) is 11.0 Å². The minimum atomic E-state index is -1.80. The third-order valence-electron chi connectivity index (χ3n) is 11.3. The third-order valence-corrected chi connectivity index (χ3v) is 13.5. The fourth-order valence-corrected chi connectivity index (χ4v) is 9.85. The van der Waals surface area contributed by atoms with Crippen molar-refractivity contribution in [3.05, 3.63) is 112 Å². The largest absolute Gasteiger partial charge is 0.497 e. The number of nitriles is 1. The molecule has 72 heavy (non-hydrogen) atoms. The van der Waals surface area contributed by atoms with Gasteiger partial charge < -0.3 is 42.4 Å². The lowest BCUT2D eigenvalue weighted by Crippen LogP contribution is -2.39. The molecule has 5 aromatic rings. The third kappa shape index (κ3) is 13.6. The molecule has 0 saturated carbocycles. The topological polar surface area (TPSA) is 214 Å². The van der Waals surface area contributed by atoms with Crippen LogP contribution in [0.5, 0.6) is 11.5 Å². The number of nitrogens with one attached hydrogen (secondary N) is 1. The highest BCUT2D eigenvalue weighted by Crippen LogP contribution is 2.51. The van der Waals surface area contributed by atoms with Crippen LogP contribution in [0.4, 0.5) is 5.95 Å². The first-order chi connectivity index (χ1) is 34.6. The van der Waals surface area contributed by atoms with E-state index in [0.717, 1.165) is 16.7 Å². The molecule has 0 spiro atoms. The molecule has 0 amide bonds. The van der Waals surface area contributed by atoms with Crippen molar-refractivity contribution in [1.82, 2.24) is 29.3 Å². The number of aromatic amines is 1. The van der Waals surface area contributed by atoms with Gasteiger partial charge in [0.2, 0.25) is 5.95 Å². The Hall–Kier alpha value is -6.70. The lowest BCUT2D eigenvalue weighted by atomic mass is 9.80. The minimum Gasteiger partial charge on any atom is -0.497 e. The van der Waals surface area contributed by atoms with Crippen molar-refractivity contribution < 1.29 is 47.1 Å². The van der Waals surface area contributed by atoms with Crippen molar-refractivity contribution in [2.24, 2.45) is 10.9 Å². The summed E-state index contributed by atoms with van der Waals surface area (Å²) in [7, 11) is 4.99. The first-order valence-corrected chi connectivity index (χ1v) is 24.6. The van der Waals surface area contributed by atoms with Crippen LogP contribution in [0, 0.1) is 29.1 Å². The first-order valence-electron chi connectivity index (χ1n) is 23.5. The summed E-state index contributed by atoms with van der Waals surface area (Å²) in [4.78, 5) is 51.2. The summed E-state index contributed by atoms with van der Waals surface area (Å²) in [5, 5.41) is 14.5. The normalized spacial score (nSPS) is 16.3. The van der Waals surface area contributed by atoms with E-state index in [2.05, 4.69) is 60.3 Å². The van der Waals surface area contributed by atoms with Gasteiger partial charge in [-0.1, -0.05) is 60.5 Å². The fraction of sp³-hybridized carbons (Fsp3) is 0.442. The van der Waals surface area contributed by atoms with Crippen molar-refractivity contribution in [3.63, 3.8) is 0 Å². The molecule has 0 bridgehead atoms. The zero-order valence-electron chi connectivity index (χ0n) is 42.4. The summed E-state index contributed by atoms with van der Waals surface area (Å²) in [5.41, 5.74) is 0.779. The number of ether oxygens (including phenoxy) is 6. The van der Waals surface area contributed by atoms with E-state index in [-0.39, 0.29) is 74.0 Å². The van der Waals surface area contributed by atoms with Crippen LogP contribution < -0.4 is 15.0 Å². The molecule has 3 heterocycles. The second kappa shape index (κ2) is 25.6. The summed E-state index contributed by atoms with van der Waals surface area (Å²) in [6.07, 6.45) is -0.678. The second-order valence-corrected chi connectivity index (χ2v) is 18.9. The smallest absolute Gasteiger partial charge is 0.302 e. The Labute approximate surface area is 421 Å². The SMILES string of the molecule is COc1ccc(C(OC[C@H]2O[C@@H](n3nc(C#CC(COC(C)=O)COC(C)=O)c4c(=O)[nH]c(N=CN(C)C)nc43)CC2OP(OCCC#N)N(C(C)C)C(C)C)(c2ccccc2)c2ccc(OC)cc2)cc1. The maximum Gasteiger partial charge on any atom is 0.302 e. The lowest BCUT2D eigenvalue weighted by Gasteiger charge is -2.39. The van der Waals surface area contributed by atoms with E-state index in [1.54, 1.807) is 33.2 Å². The van der Waals surface area contributed by atoms with Crippen molar-refractivity contribution in [2.45, 2.75) is 90.5 Å². The fourth-order valence-electron chi connectivity index (χ4n) is 8.09. The van der Waals surface area contributed by atoms with Crippen molar-refractivity contribution in [3.8, 4) is 29.4 Å². The number of carbonyl (C=O) groups excluding carboxylic acids is 2. The maximum absolute atomic E-state index is 14.1. The number of methoxy groups -OCH3 is 2. The molecular weight excluding hydrogens is 944 g/mol. The first kappa shape index (κ1) is 54.6. The minimum absolute atomic E-state index is 0.000632. The van der Waals surface area contributed by atoms with Crippen LogP contribution in [0.15, 0.2) is 88.6 Å². The molecule has 0 radical (unpaired) electrons. The Balaban J connectivity index is 1.52. The molecule has 19 nitrogen and oxygen atoms in total. The zero-order valence-corrected chi connectivity index (χ0v) is 43.3. The monoisotopic (exact) mass is 1010 g/mol. The predicted octanol–water partition coefficient (Wildman–Crippen LogP) is 7.41. The number of hydrogen-bond acceptors (Lipinski definition) is 16. The molecule has 20 heteroatoms. The van der Waals surface area contributed by atoms with Gasteiger partial charge in [-0.3, -0.25) is 19.4 Å². The average Bonchev–Trinajstić information content (AvgIpc) is 3.94. The van der Waals surface area contributed by atoms with E-state index < -0.39 is 56.0 Å². The molecule has 3 aromatic carbocycles. The number of benzene rings is 3. The molecule has 2 unspecified atom stereocenters. The summed E-state index contributed by atoms with van der Waals surface area (Å²) in [6, 6.07) is 27.4. The van der Waals surface area contributed by atoms with Gasteiger partial charge in [0, 0.05) is 46.4 Å². The van der Waals surface area contributed by atoms with Crippen LogP contribution >= 0.6 is 8.53 Å². The Morgan fingerprint density at radius 1 is 0.931 bits per heavy atom. The maximum atomic E-state index is 14.1. The highest BCUT2D eigenvalue weighted by molar-refractivity contribution is 7.44. The number of rotatable bonds is 23. The van der Waals surface area contributed by atoms with Crippen molar-refractivity contribution in [1.29, 1.82) is 5.26 Å². The van der Waals surface area contributed by atoms with Gasteiger partial charge >= 0.3 is 11.9 Å². The number of H-pyrrole nitrogens is 1. The average molecular weight is 1010 g/mol. The van der Waals surface area contributed by atoms with E-state index in [0.29, 0.717) is 11.5 Å². The molecule has 1 aliphatic heterocycles. The van der Waals surface area contributed by atoms with E-state index in [9.17, 15) is 19.6 Å². The summed E-state index contributed by atoms with van der Waals surface area (Å²) >= 11 is 0. The number of fused-ring (bicyclic) bond motifs is 1. The summed E-state index contributed by atoms with van der Waals surface area (Å²) < 4.78 is 53.2. The Morgan fingerprint density at radius 3 is 2.04 bits per heavy atom. The van der Waals surface area contributed by atoms with Crippen LogP contribution in [0.1, 0.15) is 83.0 Å². The number of carbonyl (C=O) groups is 2. The molecule has 6 rings (SSSR count). The molecule has 382 valence electrons. The highest BCUT2D eigenvalue weighted by atomic mass is 31.2. The van der Waals surface area contributed by atoms with Gasteiger partial charge in [-0.15, -0.1) is 0 Å². The van der Waals surface area contributed by atoms with Gasteiger partial charge in [-0.25, -0.2) is 14.3 Å². The number of aromatic nitrogens is 4. The molecule has 1 saturated heterocycles. The zero-order chi connectivity index (χ0) is 52.0. The Kier molecular flexibility index (Phi) is 19.4. The molecule has 1 fully saturated rings. The number of esters is 2. The van der Waals surface area contributed by atoms with Gasteiger partial charge in [-0.05, 0) is 74.6 Å². The van der Waals surface area contributed by atoms with Crippen LogP contribution in [-0.2, 0) is 43.2 Å². The standard InChI is InChI=1S/C52H63N8O11P/c1-34(2)60(35(3)4)72(69-28-14-27-53)71-45-29-47(59-49-48(50(63)56-51(55-49)54-33-58(7)8)44(57-59)26-17-38(30-66-36(5)61)31-67-37(6)62)70-46(45)32-68-52(39-15-12-11-13-16-39,40-18-22-42(64-9)23-19-40)41-20-24-43(65-10)25-21-41/h11-13,15-16,18-25,33-35,38,45-47H,14,28-32H2,1-10H3,(H,55,56,63)/t45?,46-,47-,72?/m1/s1. The van der Waals surface area contributed by atoms with Crippen LogP contribution in [0.2, 0.25) is 0 Å². The Bertz CT molecular complexity index is 2710. The van der Waals surface area contributed by atoms with Gasteiger partial charge in [0.15, 0.2) is 17.6 Å². The second-order valence-electron chi connectivity index (χ2n) is 17.5. The van der Waals surface area contributed by atoms with Gasteiger partial charge in [0.1, 0.15) is 41.8 Å². The number of aliphatic imine (C=N–C) groups is 1. The summed E-state index contributed by atoms with van der Waals surface area (Å²) in [6.45, 7) is 10.5. The molecule has 2 aromatic heterocycles. The van der Waals surface area contributed by atoms with E-state index in [1.165, 1.54) is 24.9 Å². The number of nitrogens with zero attached hydrogens (tertiary/aromatic N) is 7. The summed E-state index contributed by atoms with van der Waals surface area (Å²) in [5.74, 6) is 5.44. The van der Waals surface area contributed by atoms with E-state index in [1.807, 2.05) is 78.9 Å². The van der Waals surface area contributed by atoms with Crippen molar-refractivity contribution >= 4 is 43.8 Å². The number of hydrogen-bond donors (Lipinski definition) is 1. The van der Waals surface area contributed by atoms with Crippen molar-refractivity contribution in [2.75, 3.05) is 54.7 Å². The van der Waals surface area contributed by atoms with Gasteiger partial charge in [0.05, 0.1) is 58.3 Å². The van der Waals surface area contributed by atoms with E-state index in [4.69, 9.17) is 47.6 Å². The van der Waals surface area contributed by atoms with E-state index >= 15 is 0 Å². The van der Waals surface area contributed by atoms with Gasteiger partial charge in [0.25, 0.3) is 14.1 Å². The van der Waals surface area contributed by atoms with Crippen LogP contribution in [-0.4, -0.2) is 127 Å². The molecular formula is C52H63N8O11P. The molecule has 0 aliphatic carbocycles. The van der Waals surface area contributed by atoms with Gasteiger partial charge in [-0.2, -0.15) is 15.3 Å². The highest BCUT2D eigenvalue weighted by Gasteiger charge is 2.46. The molecule has 1 N–H and O–H groups in total. The molecule has 1 aliphatic rings. The Morgan fingerprint density at radius 2 is 1.51 bits per heavy atom. The lowest BCUT2D eigenvalue weighted by molar-refractivity contribution is -0.144. The predicted molar refractivity (Wildman–Crippen MR) is 270 cm³/mol.